The molecule has 35 heavy (non-hydrogen) atoms. The van der Waals surface area contributed by atoms with Gasteiger partial charge in [0.15, 0.2) is 5.16 Å². The van der Waals surface area contributed by atoms with Gasteiger partial charge in [0.25, 0.3) is 5.56 Å². The fourth-order valence-corrected chi connectivity index (χ4v) is 6.35. The van der Waals surface area contributed by atoms with E-state index in [0.717, 1.165) is 19.4 Å². The van der Waals surface area contributed by atoms with Crippen molar-refractivity contribution in [2.24, 2.45) is 5.92 Å². The lowest BCUT2D eigenvalue weighted by Gasteiger charge is -2.44. The molecular formula is C27H29N3O4S. The molecule has 2 atom stereocenters. The molecule has 3 aromatic rings. The number of thioether (sulfide) groups is 1. The molecule has 0 bridgehead atoms. The van der Waals surface area contributed by atoms with E-state index in [4.69, 9.17) is 9.72 Å². The normalized spacial score (nSPS) is 19.9. The Labute approximate surface area is 208 Å². The molecule has 2 aromatic carbocycles. The number of fused-ring (bicyclic) bond motifs is 2. The van der Waals surface area contributed by atoms with Gasteiger partial charge >= 0.3 is 5.97 Å². The highest BCUT2D eigenvalue weighted by atomic mass is 32.2. The van der Waals surface area contributed by atoms with Crippen molar-refractivity contribution in [3.8, 4) is 5.69 Å². The van der Waals surface area contributed by atoms with E-state index in [1.807, 2.05) is 30.3 Å². The molecule has 5 rings (SSSR count). The number of hydrogen-bond donors (Lipinski definition) is 0. The van der Waals surface area contributed by atoms with E-state index < -0.39 is 5.97 Å². The first-order valence-corrected chi connectivity index (χ1v) is 13.2. The highest BCUT2D eigenvalue weighted by molar-refractivity contribution is 7.99. The van der Waals surface area contributed by atoms with Gasteiger partial charge in [0, 0.05) is 12.6 Å². The SMILES string of the molecule is COC(=O)c1ccc2c(=O)n(-c3ccccc3)c(SCC(=O)N3CCC[C@H]4CCCC[C@@H]43)nc2c1. The van der Waals surface area contributed by atoms with Gasteiger partial charge in [0.2, 0.25) is 5.91 Å². The number of amides is 1. The van der Waals surface area contributed by atoms with Crippen molar-refractivity contribution >= 4 is 34.5 Å². The summed E-state index contributed by atoms with van der Waals surface area (Å²) >= 11 is 1.28. The number of piperidine rings is 1. The maximum atomic E-state index is 13.5. The van der Waals surface area contributed by atoms with Crippen molar-refractivity contribution in [1.82, 2.24) is 14.5 Å². The molecule has 1 aliphatic carbocycles. The van der Waals surface area contributed by atoms with Crippen molar-refractivity contribution in [3.05, 3.63) is 64.4 Å². The lowest BCUT2D eigenvalue weighted by molar-refractivity contribution is -0.134. The second-order valence-electron chi connectivity index (χ2n) is 9.22. The fourth-order valence-electron chi connectivity index (χ4n) is 5.46. The van der Waals surface area contributed by atoms with Crippen LogP contribution in [0.25, 0.3) is 16.6 Å². The standard InChI is InChI=1S/C27H29N3O4S/c1-34-26(33)19-13-14-21-22(16-19)28-27(30(25(21)32)20-10-3-2-4-11-20)35-17-24(31)29-15-7-9-18-8-5-6-12-23(18)29/h2-4,10-11,13-14,16,18,23H,5-9,12,15,17H2,1H3/t18-,23+/m1/s1. The monoisotopic (exact) mass is 491 g/mol. The molecular weight excluding hydrogens is 462 g/mol. The van der Waals surface area contributed by atoms with Gasteiger partial charge in [-0.15, -0.1) is 0 Å². The summed E-state index contributed by atoms with van der Waals surface area (Å²) in [5.74, 6) is 0.441. The summed E-state index contributed by atoms with van der Waals surface area (Å²) < 4.78 is 6.38. The van der Waals surface area contributed by atoms with Gasteiger partial charge in [0.05, 0.1) is 35.0 Å². The van der Waals surface area contributed by atoms with Crippen molar-refractivity contribution in [2.45, 2.75) is 49.7 Å². The van der Waals surface area contributed by atoms with Crippen LogP contribution >= 0.6 is 11.8 Å². The molecule has 0 radical (unpaired) electrons. The van der Waals surface area contributed by atoms with Crippen LogP contribution in [0.15, 0.2) is 58.5 Å². The van der Waals surface area contributed by atoms with Crippen LogP contribution < -0.4 is 5.56 Å². The second-order valence-corrected chi connectivity index (χ2v) is 10.2. The van der Waals surface area contributed by atoms with E-state index in [1.165, 1.54) is 44.6 Å². The van der Waals surface area contributed by atoms with Crippen LogP contribution in [0.2, 0.25) is 0 Å². The molecule has 1 aromatic heterocycles. The van der Waals surface area contributed by atoms with Gasteiger partial charge in [-0.25, -0.2) is 9.78 Å². The predicted molar refractivity (Wildman–Crippen MR) is 136 cm³/mol. The zero-order valence-electron chi connectivity index (χ0n) is 19.8. The Balaban J connectivity index is 1.49. The molecule has 0 spiro atoms. The van der Waals surface area contributed by atoms with E-state index in [1.54, 1.807) is 22.8 Å². The molecule has 182 valence electrons. The van der Waals surface area contributed by atoms with Crippen LogP contribution in [0.5, 0.6) is 0 Å². The first-order valence-electron chi connectivity index (χ1n) is 12.2. The van der Waals surface area contributed by atoms with Crippen molar-refractivity contribution in [2.75, 3.05) is 19.4 Å². The summed E-state index contributed by atoms with van der Waals surface area (Å²) in [7, 11) is 1.32. The molecule has 0 unspecified atom stereocenters. The minimum absolute atomic E-state index is 0.101. The van der Waals surface area contributed by atoms with E-state index >= 15 is 0 Å². The fraction of sp³-hybridized carbons (Fsp3) is 0.407. The predicted octanol–water partition coefficient (Wildman–Crippen LogP) is 4.45. The van der Waals surface area contributed by atoms with E-state index in [2.05, 4.69) is 4.90 Å². The minimum atomic E-state index is -0.488. The number of aromatic nitrogens is 2. The molecule has 0 N–H and O–H groups in total. The summed E-state index contributed by atoms with van der Waals surface area (Å²) in [4.78, 5) is 45.7. The third kappa shape index (κ3) is 4.72. The topological polar surface area (TPSA) is 81.5 Å². The van der Waals surface area contributed by atoms with Gasteiger partial charge < -0.3 is 9.64 Å². The maximum absolute atomic E-state index is 13.5. The van der Waals surface area contributed by atoms with Crippen LogP contribution in [0.4, 0.5) is 0 Å². The average molecular weight is 492 g/mol. The number of methoxy groups -OCH3 is 1. The van der Waals surface area contributed by atoms with E-state index in [-0.39, 0.29) is 17.2 Å². The lowest BCUT2D eigenvalue weighted by Crippen LogP contribution is -2.50. The van der Waals surface area contributed by atoms with Crippen molar-refractivity contribution in [1.29, 1.82) is 0 Å². The van der Waals surface area contributed by atoms with Gasteiger partial charge in [-0.1, -0.05) is 42.8 Å². The van der Waals surface area contributed by atoms with E-state index in [9.17, 15) is 14.4 Å². The number of rotatable bonds is 5. The van der Waals surface area contributed by atoms with Gasteiger partial charge in [-0.2, -0.15) is 0 Å². The minimum Gasteiger partial charge on any atom is -0.465 e. The highest BCUT2D eigenvalue weighted by Crippen LogP contribution is 2.35. The number of carbonyl (C=O) groups excluding carboxylic acids is 2. The molecule has 8 heteroatoms. The quantitative estimate of drug-likeness (QED) is 0.298. The third-order valence-electron chi connectivity index (χ3n) is 7.16. The summed E-state index contributed by atoms with van der Waals surface area (Å²) in [6.07, 6.45) is 7.00. The van der Waals surface area contributed by atoms with Crippen LogP contribution in [0.1, 0.15) is 48.9 Å². The van der Waals surface area contributed by atoms with Crippen LogP contribution in [0.3, 0.4) is 0 Å². The number of esters is 1. The number of nitrogens with zero attached hydrogens (tertiary/aromatic N) is 3. The Morgan fingerprint density at radius 3 is 2.63 bits per heavy atom. The zero-order chi connectivity index (χ0) is 24.4. The second kappa shape index (κ2) is 10.2. The van der Waals surface area contributed by atoms with Gasteiger partial charge in [-0.05, 0) is 61.9 Å². The first kappa shape index (κ1) is 23.6. The Morgan fingerprint density at radius 2 is 1.83 bits per heavy atom. The molecule has 7 nitrogen and oxygen atoms in total. The number of para-hydroxylation sites is 1. The molecule has 2 fully saturated rings. The molecule has 2 heterocycles. The number of benzene rings is 2. The van der Waals surface area contributed by atoms with Crippen LogP contribution in [0, 0.1) is 5.92 Å². The molecule has 1 saturated carbocycles. The van der Waals surface area contributed by atoms with Gasteiger partial charge in [-0.3, -0.25) is 14.2 Å². The maximum Gasteiger partial charge on any atom is 0.337 e. The number of likely N-dealkylation sites (tertiary alicyclic amines) is 1. The largest absolute Gasteiger partial charge is 0.465 e. The zero-order valence-corrected chi connectivity index (χ0v) is 20.6. The summed E-state index contributed by atoms with van der Waals surface area (Å²) in [6, 6.07) is 14.4. The number of ether oxygens (including phenoxy) is 1. The molecule has 1 saturated heterocycles. The Morgan fingerprint density at radius 1 is 1.06 bits per heavy atom. The van der Waals surface area contributed by atoms with Crippen molar-refractivity contribution < 1.29 is 14.3 Å². The van der Waals surface area contributed by atoms with Crippen molar-refractivity contribution in [3.63, 3.8) is 0 Å². The first-order chi connectivity index (χ1) is 17.1. The van der Waals surface area contributed by atoms with Crippen LogP contribution in [-0.2, 0) is 9.53 Å². The molecule has 1 aliphatic heterocycles. The number of hydrogen-bond acceptors (Lipinski definition) is 6. The van der Waals surface area contributed by atoms with Gasteiger partial charge in [0.1, 0.15) is 0 Å². The summed E-state index contributed by atoms with van der Waals surface area (Å²) in [6.45, 7) is 0.805. The Hall–Kier alpha value is -3.13. The summed E-state index contributed by atoms with van der Waals surface area (Å²) in [5.41, 5.74) is 1.18. The Bertz CT molecular complexity index is 1310. The highest BCUT2D eigenvalue weighted by Gasteiger charge is 2.35. The lowest BCUT2D eigenvalue weighted by atomic mass is 9.78. The third-order valence-corrected chi connectivity index (χ3v) is 8.09. The summed E-state index contributed by atoms with van der Waals surface area (Å²) in [5, 5.41) is 0.833. The molecule has 1 amide bonds. The van der Waals surface area contributed by atoms with E-state index in [0.29, 0.717) is 39.3 Å². The molecule has 2 aliphatic rings. The number of carbonyl (C=O) groups is 2. The Kier molecular flexibility index (Phi) is 6.90. The smallest absolute Gasteiger partial charge is 0.337 e. The van der Waals surface area contributed by atoms with Crippen LogP contribution in [-0.4, -0.2) is 51.8 Å². The average Bonchev–Trinajstić information content (AvgIpc) is 2.91.